The summed E-state index contributed by atoms with van der Waals surface area (Å²) in [5.74, 6) is 0.150. The van der Waals surface area contributed by atoms with E-state index in [0.717, 1.165) is 40.2 Å². The van der Waals surface area contributed by atoms with Gasteiger partial charge in [-0.15, -0.1) is 0 Å². The maximum Gasteiger partial charge on any atom is 0.254 e. The molecule has 0 spiro atoms. The second kappa shape index (κ2) is 4.88. The predicted octanol–water partition coefficient (Wildman–Crippen LogP) is 4.62. The van der Waals surface area contributed by atoms with Gasteiger partial charge in [0.25, 0.3) is 5.91 Å². The van der Waals surface area contributed by atoms with Gasteiger partial charge in [-0.2, -0.15) is 0 Å². The number of halogens is 1. The molecule has 0 atom stereocenters. The zero-order valence-electron chi connectivity index (χ0n) is 11.8. The number of carbonyl (C=O) groups is 1. The second-order valence-corrected chi connectivity index (χ2v) is 6.99. The third-order valence-electron chi connectivity index (χ3n) is 4.20. The van der Waals surface area contributed by atoms with Gasteiger partial charge in [0.05, 0.1) is 0 Å². The third kappa shape index (κ3) is 2.35. The highest BCUT2D eigenvalue weighted by Gasteiger charge is 2.35. The quantitative estimate of drug-likeness (QED) is 0.746. The van der Waals surface area contributed by atoms with Crippen LogP contribution in [-0.4, -0.2) is 22.9 Å². The Labute approximate surface area is 127 Å². The van der Waals surface area contributed by atoms with Gasteiger partial charge in [-0.05, 0) is 61.7 Å². The Kier molecular flexibility index (Phi) is 3.33. The van der Waals surface area contributed by atoms with Gasteiger partial charge in [-0.25, -0.2) is 0 Å². The highest BCUT2D eigenvalue weighted by molar-refractivity contribution is 9.10. The largest absolute Gasteiger partial charge is 0.334 e. The lowest BCUT2D eigenvalue weighted by atomic mass is 10.0. The van der Waals surface area contributed by atoms with Crippen molar-refractivity contribution in [1.82, 2.24) is 4.90 Å². The molecule has 0 saturated carbocycles. The molecule has 2 aromatic carbocycles. The summed E-state index contributed by atoms with van der Waals surface area (Å²) < 4.78 is 1.06. The van der Waals surface area contributed by atoms with Crippen molar-refractivity contribution in [2.75, 3.05) is 6.54 Å². The fraction of sp³-hybridized carbons (Fsp3) is 0.353. The van der Waals surface area contributed by atoms with Crippen LogP contribution in [-0.2, 0) is 0 Å². The van der Waals surface area contributed by atoms with Crippen LogP contribution in [0.15, 0.2) is 40.9 Å². The van der Waals surface area contributed by atoms with Gasteiger partial charge in [0, 0.05) is 22.1 Å². The third-order valence-corrected chi connectivity index (χ3v) is 4.69. The van der Waals surface area contributed by atoms with Crippen LogP contribution in [0.5, 0.6) is 0 Å². The molecule has 0 aromatic heterocycles. The standard InChI is InChI=1S/C17H18BrNO/c1-17(2)8-3-9-19(17)16(20)14-5-4-13-11-15(18)7-6-12(13)10-14/h4-7,10-11H,3,8-9H2,1-2H3. The maximum atomic E-state index is 12.7. The summed E-state index contributed by atoms with van der Waals surface area (Å²) in [4.78, 5) is 14.7. The van der Waals surface area contributed by atoms with Gasteiger partial charge in [-0.3, -0.25) is 4.79 Å². The highest BCUT2D eigenvalue weighted by Crippen LogP contribution is 2.30. The van der Waals surface area contributed by atoms with Crippen LogP contribution < -0.4 is 0 Å². The summed E-state index contributed by atoms with van der Waals surface area (Å²) >= 11 is 3.47. The van der Waals surface area contributed by atoms with E-state index in [4.69, 9.17) is 0 Å². The van der Waals surface area contributed by atoms with Crippen molar-refractivity contribution in [1.29, 1.82) is 0 Å². The van der Waals surface area contributed by atoms with Crippen LogP contribution in [0.25, 0.3) is 10.8 Å². The molecule has 0 aliphatic carbocycles. The first-order valence-corrected chi connectivity index (χ1v) is 7.78. The van der Waals surface area contributed by atoms with E-state index in [1.165, 1.54) is 0 Å². The summed E-state index contributed by atoms with van der Waals surface area (Å²) in [5.41, 5.74) is 0.765. The van der Waals surface area contributed by atoms with Crippen LogP contribution in [0.3, 0.4) is 0 Å². The SMILES string of the molecule is CC1(C)CCCN1C(=O)c1ccc2cc(Br)ccc2c1. The van der Waals surface area contributed by atoms with Crippen LogP contribution in [0.1, 0.15) is 37.0 Å². The van der Waals surface area contributed by atoms with E-state index < -0.39 is 0 Å². The Morgan fingerprint density at radius 2 is 1.85 bits per heavy atom. The van der Waals surface area contributed by atoms with Gasteiger partial charge < -0.3 is 4.90 Å². The summed E-state index contributed by atoms with van der Waals surface area (Å²) in [6.45, 7) is 5.16. The van der Waals surface area contributed by atoms with Crippen LogP contribution in [0.4, 0.5) is 0 Å². The minimum absolute atomic E-state index is 0.0221. The lowest BCUT2D eigenvalue weighted by molar-refractivity contribution is 0.0652. The molecule has 1 amide bonds. The molecule has 0 radical (unpaired) electrons. The van der Waals surface area contributed by atoms with Crippen LogP contribution in [0, 0.1) is 0 Å². The summed E-state index contributed by atoms with van der Waals surface area (Å²) in [5, 5.41) is 2.26. The first-order valence-electron chi connectivity index (χ1n) is 6.99. The summed E-state index contributed by atoms with van der Waals surface area (Å²) in [6, 6.07) is 12.1. The summed E-state index contributed by atoms with van der Waals surface area (Å²) in [7, 11) is 0. The van der Waals surface area contributed by atoms with Crippen molar-refractivity contribution in [3.8, 4) is 0 Å². The molecule has 2 aromatic rings. The monoisotopic (exact) mass is 331 g/mol. The predicted molar refractivity (Wildman–Crippen MR) is 86.0 cm³/mol. The minimum Gasteiger partial charge on any atom is -0.334 e. The van der Waals surface area contributed by atoms with Gasteiger partial charge >= 0.3 is 0 Å². The Hall–Kier alpha value is -1.35. The Morgan fingerprint density at radius 3 is 2.55 bits per heavy atom. The van der Waals surface area contributed by atoms with E-state index >= 15 is 0 Å². The van der Waals surface area contributed by atoms with Crippen LogP contribution >= 0.6 is 15.9 Å². The number of carbonyl (C=O) groups excluding carboxylic acids is 1. The Balaban J connectivity index is 1.98. The molecule has 1 saturated heterocycles. The lowest BCUT2D eigenvalue weighted by Crippen LogP contribution is -2.42. The topological polar surface area (TPSA) is 20.3 Å². The molecule has 1 aliphatic heterocycles. The molecule has 1 fully saturated rings. The van der Waals surface area contributed by atoms with Crippen molar-refractivity contribution >= 4 is 32.6 Å². The lowest BCUT2D eigenvalue weighted by Gasteiger charge is -2.31. The molecular formula is C17H18BrNO. The van der Waals surface area contributed by atoms with E-state index in [2.05, 4.69) is 35.8 Å². The number of hydrogen-bond donors (Lipinski definition) is 0. The van der Waals surface area contributed by atoms with E-state index in [0.29, 0.717) is 0 Å². The van der Waals surface area contributed by atoms with Gasteiger partial charge in [0.15, 0.2) is 0 Å². The normalized spacial score (nSPS) is 17.6. The maximum absolute atomic E-state index is 12.7. The van der Waals surface area contributed by atoms with Crippen molar-refractivity contribution in [2.45, 2.75) is 32.2 Å². The average Bonchev–Trinajstić information content (AvgIpc) is 2.77. The minimum atomic E-state index is -0.0221. The number of amides is 1. The molecule has 20 heavy (non-hydrogen) atoms. The molecule has 0 bridgehead atoms. The second-order valence-electron chi connectivity index (χ2n) is 6.08. The van der Waals surface area contributed by atoms with E-state index in [-0.39, 0.29) is 11.4 Å². The molecule has 3 rings (SSSR count). The Bertz CT molecular complexity index is 678. The van der Waals surface area contributed by atoms with Gasteiger partial charge in [0.2, 0.25) is 0 Å². The Morgan fingerprint density at radius 1 is 1.15 bits per heavy atom. The number of nitrogens with zero attached hydrogens (tertiary/aromatic N) is 1. The molecular weight excluding hydrogens is 314 g/mol. The van der Waals surface area contributed by atoms with E-state index in [1.807, 2.05) is 35.2 Å². The smallest absolute Gasteiger partial charge is 0.254 e. The average molecular weight is 332 g/mol. The summed E-state index contributed by atoms with van der Waals surface area (Å²) in [6.07, 6.45) is 2.18. The molecule has 3 heteroatoms. The fourth-order valence-corrected chi connectivity index (χ4v) is 3.37. The van der Waals surface area contributed by atoms with Crippen molar-refractivity contribution in [3.05, 3.63) is 46.4 Å². The molecule has 1 aliphatic rings. The van der Waals surface area contributed by atoms with Crippen LogP contribution in [0.2, 0.25) is 0 Å². The molecule has 1 heterocycles. The molecule has 2 nitrogen and oxygen atoms in total. The highest BCUT2D eigenvalue weighted by atomic mass is 79.9. The first kappa shape index (κ1) is 13.6. The number of benzene rings is 2. The number of fused-ring (bicyclic) bond motifs is 1. The first-order chi connectivity index (χ1) is 9.47. The zero-order chi connectivity index (χ0) is 14.3. The molecule has 0 unspecified atom stereocenters. The zero-order valence-corrected chi connectivity index (χ0v) is 13.4. The van der Waals surface area contributed by atoms with E-state index in [1.54, 1.807) is 0 Å². The molecule has 104 valence electrons. The van der Waals surface area contributed by atoms with Crippen molar-refractivity contribution in [2.24, 2.45) is 0 Å². The number of hydrogen-bond acceptors (Lipinski definition) is 1. The van der Waals surface area contributed by atoms with Gasteiger partial charge in [-0.1, -0.05) is 28.1 Å². The molecule has 0 N–H and O–H groups in total. The fourth-order valence-electron chi connectivity index (χ4n) is 2.99. The van der Waals surface area contributed by atoms with E-state index in [9.17, 15) is 4.79 Å². The van der Waals surface area contributed by atoms with Crippen molar-refractivity contribution < 1.29 is 4.79 Å². The number of rotatable bonds is 1. The van der Waals surface area contributed by atoms with Crippen molar-refractivity contribution in [3.63, 3.8) is 0 Å². The van der Waals surface area contributed by atoms with Gasteiger partial charge in [0.1, 0.15) is 0 Å². The number of likely N-dealkylation sites (tertiary alicyclic amines) is 1.